The molecule has 6 rings (SSSR count). The maximum absolute atomic E-state index is 13.9. The molecule has 4 aromatic heterocycles. The van der Waals surface area contributed by atoms with Crippen LogP contribution in [0.25, 0.3) is 28.4 Å². The van der Waals surface area contributed by atoms with Crippen LogP contribution in [0.5, 0.6) is 0 Å². The number of hydrogen-bond acceptors (Lipinski definition) is 9. The van der Waals surface area contributed by atoms with E-state index in [9.17, 15) is 12.8 Å². The van der Waals surface area contributed by atoms with E-state index in [-0.39, 0.29) is 24.2 Å². The minimum Gasteiger partial charge on any atom is -0.353 e. The van der Waals surface area contributed by atoms with Gasteiger partial charge in [-0.15, -0.1) is 5.10 Å². The highest BCUT2D eigenvalue weighted by molar-refractivity contribution is 7.90. The number of anilines is 2. The van der Waals surface area contributed by atoms with Gasteiger partial charge in [-0.3, -0.25) is 0 Å². The molecule has 12 heteroatoms. The van der Waals surface area contributed by atoms with Crippen molar-refractivity contribution in [1.29, 1.82) is 0 Å². The van der Waals surface area contributed by atoms with Gasteiger partial charge in [-0.2, -0.15) is 0 Å². The van der Waals surface area contributed by atoms with Crippen LogP contribution < -0.4 is 10.2 Å². The summed E-state index contributed by atoms with van der Waals surface area (Å²) in [4.78, 5) is 20.3. The van der Waals surface area contributed by atoms with Gasteiger partial charge < -0.3 is 10.2 Å². The van der Waals surface area contributed by atoms with Crippen molar-refractivity contribution < 1.29 is 12.8 Å². The van der Waals surface area contributed by atoms with Gasteiger partial charge in [0, 0.05) is 25.5 Å². The molecule has 0 spiro atoms. The van der Waals surface area contributed by atoms with E-state index >= 15 is 0 Å². The molecule has 10 nitrogen and oxygen atoms in total. The number of rotatable bonds is 8. The van der Waals surface area contributed by atoms with Crippen molar-refractivity contribution in [2.24, 2.45) is 0 Å². The molecule has 1 aliphatic rings. The van der Waals surface area contributed by atoms with Gasteiger partial charge in [0.05, 0.1) is 35.1 Å². The van der Waals surface area contributed by atoms with Crippen molar-refractivity contribution >= 4 is 27.3 Å². The monoisotopic (exact) mass is 558 g/mol. The highest BCUT2D eigenvalue weighted by Crippen LogP contribution is 2.35. The summed E-state index contributed by atoms with van der Waals surface area (Å²) in [6.07, 6.45) is 6.45. The van der Waals surface area contributed by atoms with E-state index in [2.05, 4.69) is 25.2 Å². The van der Waals surface area contributed by atoms with Crippen LogP contribution in [0.4, 0.5) is 16.2 Å². The molecule has 0 bridgehead atoms. The number of hydrogen-bond donors (Lipinski definition) is 1. The lowest BCUT2D eigenvalue weighted by Gasteiger charge is -2.26. The Balaban J connectivity index is 1.29. The summed E-state index contributed by atoms with van der Waals surface area (Å²) in [6, 6.07) is 18.1. The Morgan fingerprint density at radius 1 is 1.00 bits per heavy atom. The molecule has 1 aliphatic heterocycles. The van der Waals surface area contributed by atoms with Gasteiger partial charge in [-0.05, 0) is 60.9 Å². The topological polar surface area (TPSA) is 118 Å². The second kappa shape index (κ2) is 10.6. The molecule has 1 fully saturated rings. The third kappa shape index (κ3) is 5.48. The maximum Gasteiger partial charge on any atom is 0.223 e. The molecule has 1 unspecified atom stereocenters. The zero-order chi connectivity index (χ0) is 27.7. The van der Waals surface area contributed by atoms with Gasteiger partial charge in [0.1, 0.15) is 27.2 Å². The Kier molecular flexibility index (Phi) is 6.84. The number of nitrogens with zero attached hydrogens (tertiary/aromatic N) is 7. The Labute approximate surface area is 230 Å². The Morgan fingerprint density at radius 3 is 2.67 bits per heavy atom. The van der Waals surface area contributed by atoms with Crippen LogP contribution in [0.1, 0.15) is 24.4 Å². The first-order chi connectivity index (χ1) is 19.3. The van der Waals surface area contributed by atoms with Crippen LogP contribution in [0.15, 0.2) is 73.1 Å². The molecule has 0 saturated carbocycles. The van der Waals surface area contributed by atoms with Gasteiger partial charge >= 0.3 is 0 Å². The predicted octanol–water partition coefficient (Wildman–Crippen LogP) is 4.19. The number of benzene rings is 1. The number of nitrogens with one attached hydrogen (secondary N) is 1. The van der Waals surface area contributed by atoms with Gasteiger partial charge in [-0.1, -0.05) is 18.2 Å². The Hall–Kier alpha value is -4.45. The molecule has 1 atom stereocenters. The lowest BCUT2D eigenvalue weighted by Crippen LogP contribution is -2.24. The molecule has 5 aromatic rings. The molecule has 1 N–H and O–H groups in total. The van der Waals surface area contributed by atoms with Crippen molar-refractivity contribution in [1.82, 2.24) is 29.5 Å². The lowest BCUT2D eigenvalue weighted by molar-refractivity contribution is 0.602. The first kappa shape index (κ1) is 25.8. The number of imidazole rings is 1. The second-order valence-electron chi connectivity index (χ2n) is 9.74. The fourth-order valence-corrected chi connectivity index (χ4v) is 5.42. The van der Waals surface area contributed by atoms with E-state index in [4.69, 9.17) is 10.1 Å². The fourth-order valence-electron chi connectivity index (χ4n) is 4.95. The molecule has 40 heavy (non-hydrogen) atoms. The number of halogens is 1. The maximum atomic E-state index is 13.9. The quantitative estimate of drug-likeness (QED) is 0.299. The third-order valence-electron chi connectivity index (χ3n) is 6.81. The van der Waals surface area contributed by atoms with Gasteiger partial charge in [-0.25, -0.2) is 37.3 Å². The molecular formula is C28H27FN8O2S. The predicted molar refractivity (Wildman–Crippen MR) is 151 cm³/mol. The summed E-state index contributed by atoms with van der Waals surface area (Å²) in [5.74, 6) is 0.858. The highest BCUT2D eigenvalue weighted by atomic mass is 32.2. The molecule has 0 amide bonds. The summed E-state index contributed by atoms with van der Waals surface area (Å²) in [5.41, 5.74) is 4.24. The smallest absolute Gasteiger partial charge is 0.223 e. The Morgan fingerprint density at radius 2 is 1.82 bits per heavy atom. The van der Waals surface area contributed by atoms with Crippen molar-refractivity contribution in [3.63, 3.8) is 0 Å². The van der Waals surface area contributed by atoms with E-state index in [0.717, 1.165) is 36.5 Å². The summed E-state index contributed by atoms with van der Waals surface area (Å²) < 4.78 is 38.6. The first-order valence-electron chi connectivity index (χ1n) is 12.9. The normalized spacial score (nSPS) is 15.6. The van der Waals surface area contributed by atoms with Crippen LogP contribution in [-0.4, -0.2) is 63.1 Å². The van der Waals surface area contributed by atoms with E-state index in [1.165, 1.54) is 12.3 Å². The minimum atomic E-state index is -3.10. The van der Waals surface area contributed by atoms with Crippen LogP contribution in [0.2, 0.25) is 0 Å². The van der Waals surface area contributed by atoms with E-state index in [1.54, 1.807) is 35.1 Å². The zero-order valence-corrected chi connectivity index (χ0v) is 22.6. The summed E-state index contributed by atoms with van der Waals surface area (Å²) in [6.45, 7) is 1.04. The minimum absolute atomic E-state index is 0.0159. The summed E-state index contributed by atoms with van der Waals surface area (Å²) in [5, 5.41) is 7.87. The zero-order valence-electron chi connectivity index (χ0n) is 21.8. The van der Waals surface area contributed by atoms with Crippen molar-refractivity contribution in [3.8, 4) is 22.8 Å². The number of fused-ring (bicyclic) bond motifs is 1. The average Bonchev–Trinajstić information content (AvgIpc) is 3.60. The molecule has 0 aliphatic carbocycles. The van der Waals surface area contributed by atoms with Crippen LogP contribution in [0.3, 0.4) is 0 Å². The SMILES string of the molecule is CS(=O)(=O)CCNc1nccc(-c2cccc(-c3cnc4ccc(N5CCCC5c5cccc(F)c5)nn34)n2)n1. The van der Waals surface area contributed by atoms with Crippen molar-refractivity contribution in [2.45, 2.75) is 18.9 Å². The molecule has 0 radical (unpaired) electrons. The number of pyridine rings is 1. The van der Waals surface area contributed by atoms with E-state index in [0.29, 0.717) is 28.7 Å². The van der Waals surface area contributed by atoms with Crippen LogP contribution in [0, 0.1) is 5.82 Å². The lowest BCUT2D eigenvalue weighted by atomic mass is 10.0. The fraction of sp³-hybridized carbons (Fsp3) is 0.250. The molecule has 5 heterocycles. The van der Waals surface area contributed by atoms with E-state index in [1.807, 2.05) is 36.4 Å². The van der Waals surface area contributed by atoms with Crippen LogP contribution >= 0.6 is 0 Å². The summed E-state index contributed by atoms with van der Waals surface area (Å²) >= 11 is 0. The molecule has 1 aromatic carbocycles. The molecule has 1 saturated heterocycles. The standard InChI is InChI=1S/C28H27FN8O2S/c1-40(38,39)16-14-31-28-30-13-12-22(34-28)21-7-3-8-23(33-21)25-18-32-26-10-11-27(35-37(25)26)36-15-4-9-24(36)19-5-2-6-20(29)17-19/h2-3,5-8,10-13,17-18,24H,4,9,14-16H2,1H3,(H,30,31,34). The third-order valence-corrected chi connectivity index (χ3v) is 7.76. The molecule has 204 valence electrons. The second-order valence-corrected chi connectivity index (χ2v) is 12.0. The highest BCUT2D eigenvalue weighted by Gasteiger charge is 2.28. The largest absolute Gasteiger partial charge is 0.353 e. The number of sulfone groups is 1. The van der Waals surface area contributed by atoms with Gasteiger partial charge in [0.2, 0.25) is 5.95 Å². The summed E-state index contributed by atoms with van der Waals surface area (Å²) in [7, 11) is -3.10. The van der Waals surface area contributed by atoms with Gasteiger partial charge in [0.25, 0.3) is 0 Å². The van der Waals surface area contributed by atoms with Crippen molar-refractivity contribution in [3.05, 3.63) is 84.4 Å². The average molecular weight is 559 g/mol. The Bertz CT molecular complexity index is 1790. The molecular weight excluding hydrogens is 531 g/mol. The van der Waals surface area contributed by atoms with Crippen LogP contribution in [-0.2, 0) is 9.84 Å². The van der Waals surface area contributed by atoms with E-state index < -0.39 is 9.84 Å². The van der Waals surface area contributed by atoms with Crippen molar-refractivity contribution in [2.75, 3.05) is 35.3 Å². The number of aromatic nitrogens is 6. The van der Waals surface area contributed by atoms with Gasteiger partial charge in [0.15, 0.2) is 5.65 Å². The first-order valence-corrected chi connectivity index (χ1v) is 15.0.